The number of methoxy groups -OCH3 is 1. The van der Waals surface area contributed by atoms with Crippen molar-refractivity contribution in [1.82, 2.24) is 4.90 Å². The predicted octanol–water partition coefficient (Wildman–Crippen LogP) is 1.85. The van der Waals surface area contributed by atoms with Crippen molar-refractivity contribution in [2.24, 2.45) is 11.8 Å². The second-order valence-electron chi connectivity index (χ2n) is 4.99. The van der Waals surface area contributed by atoms with Gasteiger partial charge < -0.3 is 14.7 Å². The first kappa shape index (κ1) is 12.9. The Morgan fingerprint density at radius 2 is 2.33 bits per heavy atom. The summed E-state index contributed by atoms with van der Waals surface area (Å²) in [6.45, 7) is 1.66. The molecule has 0 spiro atoms. The van der Waals surface area contributed by atoms with Crippen LogP contribution in [-0.2, 0) is 11.3 Å². The van der Waals surface area contributed by atoms with Gasteiger partial charge in [-0.05, 0) is 37.1 Å². The number of ether oxygens (including phenoxy) is 1. The molecule has 18 heavy (non-hydrogen) atoms. The highest BCUT2D eigenvalue weighted by molar-refractivity contribution is 5.73. The average Bonchev–Trinajstić information content (AvgIpc) is 3.08. The van der Waals surface area contributed by atoms with Gasteiger partial charge in [-0.2, -0.15) is 0 Å². The van der Waals surface area contributed by atoms with E-state index in [9.17, 15) is 4.79 Å². The molecule has 1 saturated carbocycles. The molecule has 0 radical (unpaired) electrons. The number of carboxylic acids is 1. The highest BCUT2D eigenvalue weighted by atomic mass is 16.5. The molecule has 0 aromatic heterocycles. The van der Waals surface area contributed by atoms with Crippen LogP contribution in [0.15, 0.2) is 24.3 Å². The third kappa shape index (κ3) is 3.23. The minimum Gasteiger partial charge on any atom is -0.497 e. The molecule has 1 N–H and O–H groups in total. The van der Waals surface area contributed by atoms with E-state index in [0.29, 0.717) is 5.92 Å². The summed E-state index contributed by atoms with van der Waals surface area (Å²) in [7, 11) is 3.68. The molecule has 1 aromatic carbocycles. The topological polar surface area (TPSA) is 49.8 Å². The standard InChI is InChI=1S/C14H19NO3/c1-15(9-11-7-13(11)14(16)17)8-10-4-3-5-12(6-10)18-2/h3-6,11,13H,7-9H2,1-2H3,(H,16,17). The smallest absolute Gasteiger partial charge is 0.306 e. The van der Waals surface area contributed by atoms with Gasteiger partial charge in [-0.25, -0.2) is 0 Å². The second-order valence-corrected chi connectivity index (χ2v) is 4.99. The van der Waals surface area contributed by atoms with E-state index in [4.69, 9.17) is 9.84 Å². The zero-order valence-corrected chi connectivity index (χ0v) is 10.8. The predicted molar refractivity (Wildman–Crippen MR) is 68.6 cm³/mol. The van der Waals surface area contributed by atoms with E-state index in [1.165, 1.54) is 5.56 Å². The molecule has 4 heteroatoms. The molecule has 0 heterocycles. The third-order valence-electron chi connectivity index (χ3n) is 3.37. The highest BCUT2D eigenvalue weighted by Gasteiger charge is 2.43. The van der Waals surface area contributed by atoms with Gasteiger partial charge in [0.05, 0.1) is 13.0 Å². The highest BCUT2D eigenvalue weighted by Crippen LogP contribution is 2.39. The zero-order chi connectivity index (χ0) is 13.1. The van der Waals surface area contributed by atoms with E-state index in [-0.39, 0.29) is 5.92 Å². The maximum absolute atomic E-state index is 10.8. The molecule has 0 bridgehead atoms. The fourth-order valence-corrected chi connectivity index (χ4v) is 2.30. The largest absolute Gasteiger partial charge is 0.497 e. The molecular weight excluding hydrogens is 230 g/mol. The van der Waals surface area contributed by atoms with Crippen LogP contribution in [0.1, 0.15) is 12.0 Å². The van der Waals surface area contributed by atoms with Gasteiger partial charge in [0.25, 0.3) is 0 Å². The molecule has 0 aliphatic heterocycles. The van der Waals surface area contributed by atoms with E-state index >= 15 is 0 Å². The van der Waals surface area contributed by atoms with Crippen LogP contribution < -0.4 is 4.74 Å². The Hall–Kier alpha value is -1.55. The summed E-state index contributed by atoms with van der Waals surface area (Å²) in [5.41, 5.74) is 1.18. The Kier molecular flexibility index (Phi) is 3.87. The molecule has 4 nitrogen and oxygen atoms in total. The van der Waals surface area contributed by atoms with Gasteiger partial charge in [-0.15, -0.1) is 0 Å². The van der Waals surface area contributed by atoms with Crippen molar-refractivity contribution in [3.63, 3.8) is 0 Å². The van der Waals surface area contributed by atoms with Crippen LogP contribution in [0.5, 0.6) is 5.75 Å². The number of nitrogens with zero attached hydrogens (tertiary/aromatic N) is 1. The molecule has 2 rings (SSSR count). The lowest BCUT2D eigenvalue weighted by molar-refractivity contribution is -0.138. The molecule has 2 atom stereocenters. The summed E-state index contributed by atoms with van der Waals surface area (Å²) in [4.78, 5) is 12.9. The van der Waals surface area contributed by atoms with Crippen molar-refractivity contribution < 1.29 is 14.6 Å². The first-order valence-corrected chi connectivity index (χ1v) is 6.14. The van der Waals surface area contributed by atoms with Crippen molar-refractivity contribution in [2.75, 3.05) is 20.7 Å². The van der Waals surface area contributed by atoms with Crippen LogP contribution in [0, 0.1) is 11.8 Å². The van der Waals surface area contributed by atoms with Crippen LogP contribution in [0.2, 0.25) is 0 Å². The summed E-state index contributed by atoms with van der Waals surface area (Å²) < 4.78 is 5.18. The molecule has 1 fully saturated rings. The van der Waals surface area contributed by atoms with E-state index < -0.39 is 5.97 Å². The molecular formula is C14H19NO3. The summed E-state index contributed by atoms with van der Waals surface area (Å²) in [5, 5.41) is 8.86. The first-order chi connectivity index (χ1) is 8.60. The molecule has 2 unspecified atom stereocenters. The second kappa shape index (κ2) is 5.40. The van der Waals surface area contributed by atoms with Crippen molar-refractivity contribution in [1.29, 1.82) is 0 Å². The van der Waals surface area contributed by atoms with E-state index in [0.717, 1.165) is 25.3 Å². The molecule has 1 aliphatic rings. The molecule has 98 valence electrons. The van der Waals surface area contributed by atoms with Gasteiger partial charge in [0, 0.05) is 13.1 Å². The Bertz CT molecular complexity index is 433. The van der Waals surface area contributed by atoms with Crippen molar-refractivity contribution in [3.8, 4) is 5.75 Å². The Balaban J connectivity index is 1.84. The zero-order valence-electron chi connectivity index (χ0n) is 10.8. The normalized spacial score (nSPS) is 21.9. The lowest BCUT2D eigenvalue weighted by Crippen LogP contribution is -2.21. The number of carboxylic acid groups (broad SMARTS) is 1. The summed E-state index contributed by atoms with van der Waals surface area (Å²) in [6.07, 6.45) is 0.817. The number of hydrogen-bond acceptors (Lipinski definition) is 3. The lowest BCUT2D eigenvalue weighted by atomic mass is 10.2. The van der Waals surface area contributed by atoms with Gasteiger partial charge in [-0.1, -0.05) is 12.1 Å². The van der Waals surface area contributed by atoms with Gasteiger partial charge >= 0.3 is 5.97 Å². The quantitative estimate of drug-likeness (QED) is 0.836. The number of carbonyl (C=O) groups is 1. The number of aliphatic carboxylic acids is 1. The Morgan fingerprint density at radius 1 is 1.56 bits per heavy atom. The van der Waals surface area contributed by atoms with Crippen molar-refractivity contribution in [2.45, 2.75) is 13.0 Å². The molecule has 1 aromatic rings. The minimum absolute atomic E-state index is 0.127. The van der Waals surface area contributed by atoms with Gasteiger partial charge in [0.1, 0.15) is 5.75 Å². The van der Waals surface area contributed by atoms with Gasteiger partial charge in [0.2, 0.25) is 0 Å². The average molecular weight is 249 g/mol. The molecule has 0 amide bonds. The number of hydrogen-bond donors (Lipinski definition) is 1. The van der Waals surface area contributed by atoms with Crippen LogP contribution in [0.25, 0.3) is 0 Å². The van der Waals surface area contributed by atoms with Gasteiger partial charge in [0.15, 0.2) is 0 Å². The maximum atomic E-state index is 10.8. The molecule has 0 saturated heterocycles. The first-order valence-electron chi connectivity index (χ1n) is 6.14. The molecule has 1 aliphatic carbocycles. The van der Waals surface area contributed by atoms with Crippen molar-refractivity contribution in [3.05, 3.63) is 29.8 Å². The van der Waals surface area contributed by atoms with E-state index in [1.807, 2.05) is 25.2 Å². The van der Waals surface area contributed by atoms with E-state index in [2.05, 4.69) is 11.0 Å². The summed E-state index contributed by atoms with van der Waals surface area (Å²) in [5.74, 6) is 0.390. The lowest BCUT2D eigenvalue weighted by Gasteiger charge is -2.16. The Morgan fingerprint density at radius 3 is 2.94 bits per heavy atom. The van der Waals surface area contributed by atoms with Gasteiger partial charge in [-0.3, -0.25) is 4.79 Å². The summed E-state index contributed by atoms with van der Waals surface area (Å²) in [6, 6.07) is 7.96. The summed E-state index contributed by atoms with van der Waals surface area (Å²) >= 11 is 0. The SMILES string of the molecule is COc1cccc(CN(C)CC2CC2C(=O)O)c1. The fourth-order valence-electron chi connectivity index (χ4n) is 2.30. The van der Waals surface area contributed by atoms with Crippen LogP contribution >= 0.6 is 0 Å². The van der Waals surface area contributed by atoms with Crippen LogP contribution in [-0.4, -0.2) is 36.7 Å². The van der Waals surface area contributed by atoms with Crippen molar-refractivity contribution >= 4 is 5.97 Å². The number of benzene rings is 1. The third-order valence-corrected chi connectivity index (χ3v) is 3.37. The Labute approximate surface area is 107 Å². The van der Waals surface area contributed by atoms with Crippen LogP contribution in [0.3, 0.4) is 0 Å². The fraction of sp³-hybridized carbons (Fsp3) is 0.500. The maximum Gasteiger partial charge on any atom is 0.306 e. The number of rotatable bonds is 6. The minimum atomic E-state index is -0.658. The van der Waals surface area contributed by atoms with E-state index in [1.54, 1.807) is 7.11 Å². The van der Waals surface area contributed by atoms with Crippen LogP contribution in [0.4, 0.5) is 0 Å². The monoisotopic (exact) mass is 249 g/mol.